The monoisotopic (exact) mass is 370 g/mol. The maximum absolute atomic E-state index is 12.4. The molecule has 2 aromatic rings. The van der Waals surface area contributed by atoms with Crippen LogP contribution in [0.25, 0.3) is 0 Å². The lowest BCUT2D eigenvalue weighted by Crippen LogP contribution is -2.15. The van der Waals surface area contributed by atoms with Gasteiger partial charge in [-0.15, -0.1) is 0 Å². The van der Waals surface area contributed by atoms with Crippen molar-refractivity contribution in [1.82, 2.24) is 0 Å². The molecule has 0 spiro atoms. The number of carbonyl (C=O) groups excluding carboxylic acids is 1. The Balaban J connectivity index is 2.16. The lowest BCUT2D eigenvalue weighted by atomic mass is 10.2. The Hall–Kier alpha value is -3.17. The van der Waals surface area contributed by atoms with Gasteiger partial charge in [-0.05, 0) is 36.4 Å². The number of methoxy groups -OCH3 is 1. The van der Waals surface area contributed by atoms with Gasteiger partial charge in [0, 0.05) is 36.7 Å². The molecule has 0 bridgehead atoms. The first-order chi connectivity index (χ1) is 12.4. The Kier molecular flexibility index (Phi) is 6.48. The average molecular weight is 371 g/mol. The fourth-order valence-electron chi connectivity index (χ4n) is 2.15. The number of carbonyl (C=O) groups is 1. The van der Waals surface area contributed by atoms with Gasteiger partial charge in [-0.1, -0.05) is 17.7 Å². The standard InChI is InChI=1S/C19H19ClN4O2/c1-24(2)16-6-4-5-15(10-16)22-12-13(11-21)19(25)23-17-9-14(20)7-8-18(17)26-3/h4-10,12,22H,1-3H3,(H,23,25)/b13-12-. The third-order valence-corrected chi connectivity index (χ3v) is 3.76. The van der Waals surface area contributed by atoms with Crippen LogP contribution in [-0.4, -0.2) is 27.1 Å². The molecule has 0 aliphatic heterocycles. The molecule has 0 atom stereocenters. The van der Waals surface area contributed by atoms with Crippen molar-refractivity contribution in [2.45, 2.75) is 0 Å². The maximum atomic E-state index is 12.4. The highest BCUT2D eigenvalue weighted by atomic mass is 35.5. The van der Waals surface area contributed by atoms with Crippen molar-refractivity contribution in [2.24, 2.45) is 0 Å². The summed E-state index contributed by atoms with van der Waals surface area (Å²) in [5, 5.41) is 15.3. The number of nitrogens with one attached hydrogen (secondary N) is 2. The molecule has 26 heavy (non-hydrogen) atoms. The van der Waals surface area contributed by atoms with E-state index in [1.165, 1.54) is 13.3 Å². The van der Waals surface area contributed by atoms with Crippen LogP contribution in [-0.2, 0) is 4.79 Å². The summed E-state index contributed by atoms with van der Waals surface area (Å²) >= 11 is 5.95. The molecule has 0 saturated carbocycles. The molecule has 0 aliphatic carbocycles. The predicted octanol–water partition coefficient (Wildman–Crippen LogP) is 3.87. The normalized spacial score (nSPS) is 10.7. The van der Waals surface area contributed by atoms with Crippen molar-refractivity contribution in [3.05, 3.63) is 59.3 Å². The Labute approximate surface area is 157 Å². The molecule has 134 valence electrons. The number of benzene rings is 2. The number of halogens is 1. The van der Waals surface area contributed by atoms with Crippen LogP contribution in [0.2, 0.25) is 5.02 Å². The first-order valence-corrected chi connectivity index (χ1v) is 8.11. The fraction of sp³-hybridized carbons (Fsp3) is 0.158. The Morgan fingerprint density at radius 3 is 2.69 bits per heavy atom. The van der Waals surface area contributed by atoms with E-state index < -0.39 is 5.91 Å². The van der Waals surface area contributed by atoms with Gasteiger partial charge in [0.25, 0.3) is 5.91 Å². The SMILES string of the molecule is COc1ccc(Cl)cc1NC(=O)/C(C#N)=C\Nc1cccc(N(C)C)c1. The summed E-state index contributed by atoms with van der Waals surface area (Å²) in [6, 6.07) is 14.3. The number of anilines is 3. The van der Waals surface area contributed by atoms with Crippen molar-refractivity contribution in [3.63, 3.8) is 0 Å². The molecule has 0 aromatic heterocycles. The first kappa shape index (κ1) is 19.2. The number of hydrogen-bond acceptors (Lipinski definition) is 5. The second kappa shape index (κ2) is 8.79. The lowest BCUT2D eigenvalue weighted by Gasteiger charge is -2.13. The number of hydrogen-bond donors (Lipinski definition) is 2. The van der Waals surface area contributed by atoms with Crippen LogP contribution in [0.15, 0.2) is 54.2 Å². The first-order valence-electron chi connectivity index (χ1n) is 7.73. The smallest absolute Gasteiger partial charge is 0.267 e. The molecule has 1 amide bonds. The number of rotatable bonds is 6. The zero-order valence-corrected chi connectivity index (χ0v) is 15.5. The molecule has 7 heteroatoms. The van der Waals surface area contributed by atoms with Crippen molar-refractivity contribution in [3.8, 4) is 11.8 Å². The van der Waals surface area contributed by atoms with Crippen LogP contribution in [0.1, 0.15) is 0 Å². The molecule has 0 fully saturated rings. The van der Waals surface area contributed by atoms with Crippen LogP contribution in [0, 0.1) is 11.3 Å². The van der Waals surface area contributed by atoms with Crippen molar-refractivity contribution >= 4 is 34.6 Å². The minimum Gasteiger partial charge on any atom is -0.495 e. The zero-order chi connectivity index (χ0) is 19.1. The molecule has 0 saturated heterocycles. The Bertz CT molecular complexity index is 872. The van der Waals surface area contributed by atoms with E-state index in [4.69, 9.17) is 16.3 Å². The molecule has 0 aliphatic rings. The van der Waals surface area contributed by atoms with Crippen LogP contribution in [0.4, 0.5) is 17.1 Å². The van der Waals surface area contributed by atoms with E-state index in [-0.39, 0.29) is 5.57 Å². The zero-order valence-electron chi connectivity index (χ0n) is 14.7. The van der Waals surface area contributed by atoms with Crippen LogP contribution >= 0.6 is 11.6 Å². The summed E-state index contributed by atoms with van der Waals surface area (Å²) in [7, 11) is 5.35. The fourth-order valence-corrected chi connectivity index (χ4v) is 2.32. The molecule has 0 heterocycles. The largest absolute Gasteiger partial charge is 0.495 e. The highest BCUT2D eigenvalue weighted by molar-refractivity contribution is 6.31. The summed E-state index contributed by atoms with van der Waals surface area (Å²) in [5.41, 5.74) is 2.06. The minimum atomic E-state index is -0.565. The van der Waals surface area contributed by atoms with Gasteiger partial charge >= 0.3 is 0 Å². The average Bonchev–Trinajstić information content (AvgIpc) is 2.62. The molecule has 2 rings (SSSR count). The van der Waals surface area contributed by atoms with E-state index in [1.54, 1.807) is 18.2 Å². The van der Waals surface area contributed by atoms with Gasteiger partial charge in [0.2, 0.25) is 0 Å². The molecule has 2 aromatic carbocycles. The quantitative estimate of drug-likeness (QED) is 0.596. The third-order valence-electron chi connectivity index (χ3n) is 3.52. The second-order valence-corrected chi connectivity index (χ2v) is 5.99. The molecule has 0 radical (unpaired) electrons. The minimum absolute atomic E-state index is 0.0812. The van der Waals surface area contributed by atoms with Crippen molar-refractivity contribution < 1.29 is 9.53 Å². The molecular weight excluding hydrogens is 352 g/mol. The number of ether oxygens (including phenoxy) is 1. The van der Waals surface area contributed by atoms with Crippen LogP contribution < -0.4 is 20.3 Å². The number of amides is 1. The Morgan fingerprint density at radius 1 is 1.27 bits per heavy atom. The van der Waals surface area contributed by atoms with E-state index >= 15 is 0 Å². The molecular formula is C19H19ClN4O2. The van der Waals surface area contributed by atoms with Gasteiger partial charge in [0.15, 0.2) is 0 Å². The second-order valence-electron chi connectivity index (χ2n) is 5.56. The summed E-state index contributed by atoms with van der Waals surface area (Å²) in [6.45, 7) is 0. The van der Waals surface area contributed by atoms with Crippen molar-refractivity contribution in [1.29, 1.82) is 5.26 Å². The number of nitriles is 1. The highest BCUT2D eigenvalue weighted by Crippen LogP contribution is 2.28. The topological polar surface area (TPSA) is 77.4 Å². The third kappa shape index (κ3) is 4.91. The highest BCUT2D eigenvalue weighted by Gasteiger charge is 2.13. The summed E-state index contributed by atoms with van der Waals surface area (Å²) < 4.78 is 5.18. The van der Waals surface area contributed by atoms with Crippen molar-refractivity contribution in [2.75, 3.05) is 36.7 Å². The van der Waals surface area contributed by atoms with Gasteiger partial charge in [0.05, 0.1) is 12.8 Å². The molecule has 6 nitrogen and oxygen atoms in total. The summed E-state index contributed by atoms with van der Waals surface area (Å²) in [4.78, 5) is 14.3. The van der Waals surface area contributed by atoms with E-state index in [0.29, 0.717) is 16.5 Å². The van der Waals surface area contributed by atoms with Gasteiger partial charge < -0.3 is 20.3 Å². The summed E-state index contributed by atoms with van der Waals surface area (Å²) in [6.07, 6.45) is 1.36. The van der Waals surface area contributed by atoms with E-state index in [1.807, 2.05) is 49.3 Å². The predicted molar refractivity (Wildman–Crippen MR) is 105 cm³/mol. The van der Waals surface area contributed by atoms with E-state index in [9.17, 15) is 10.1 Å². The van der Waals surface area contributed by atoms with Gasteiger partial charge in [-0.25, -0.2) is 0 Å². The number of nitrogens with zero attached hydrogens (tertiary/aromatic N) is 2. The van der Waals surface area contributed by atoms with Gasteiger partial charge in [-0.2, -0.15) is 5.26 Å². The summed E-state index contributed by atoms with van der Waals surface area (Å²) in [5.74, 6) is -0.115. The maximum Gasteiger partial charge on any atom is 0.267 e. The molecule has 0 unspecified atom stereocenters. The van der Waals surface area contributed by atoms with E-state index in [0.717, 1.165) is 11.4 Å². The Morgan fingerprint density at radius 2 is 2.04 bits per heavy atom. The van der Waals surface area contributed by atoms with Gasteiger partial charge in [0.1, 0.15) is 17.4 Å². The lowest BCUT2D eigenvalue weighted by molar-refractivity contribution is -0.112. The van der Waals surface area contributed by atoms with Gasteiger partial charge in [-0.3, -0.25) is 4.79 Å². The van der Waals surface area contributed by atoms with Crippen LogP contribution in [0.5, 0.6) is 5.75 Å². The van der Waals surface area contributed by atoms with E-state index in [2.05, 4.69) is 10.6 Å². The van der Waals surface area contributed by atoms with Crippen LogP contribution in [0.3, 0.4) is 0 Å². The molecule has 2 N–H and O–H groups in total.